The molecule has 8 nitrogen and oxygen atoms in total. The van der Waals surface area contributed by atoms with Gasteiger partial charge in [0.15, 0.2) is 5.82 Å². The SMILES string of the molecule is COC1CCC(N(CC(C)C)c2ncc([C@H](C)CC(=O)O)cc2Nc2ccc(C#N)cn2)CC1. The van der Waals surface area contributed by atoms with Gasteiger partial charge in [-0.2, -0.15) is 5.26 Å². The highest BCUT2D eigenvalue weighted by Gasteiger charge is 2.29. The normalized spacial score (nSPS) is 18.8. The molecule has 2 heterocycles. The summed E-state index contributed by atoms with van der Waals surface area (Å²) < 4.78 is 5.58. The largest absolute Gasteiger partial charge is 0.481 e. The quantitative estimate of drug-likeness (QED) is 0.499. The van der Waals surface area contributed by atoms with E-state index < -0.39 is 5.97 Å². The molecule has 0 radical (unpaired) electrons. The maximum absolute atomic E-state index is 11.3. The van der Waals surface area contributed by atoms with Crippen molar-refractivity contribution in [1.82, 2.24) is 9.97 Å². The maximum Gasteiger partial charge on any atom is 0.303 e. The standard InChI is InChI=1S/C26H35N5O3/c1-17(2)16-31(21-6-8-22(34-4)9-7-21)26-23(30-24-10-5-19(13-27)14-28-24)12-20(15-29-26)18(3)11-25(32)33/h5,10,12,14-15,17-18,21-22H,6-9,11,16H2,1-4H3,(H,28,30)(H,32,33)/t18-,21?,22?/m1/s1. The first-order valence-corrected chi connectivity index (χ1v) is 11.9. The first kappa shape index (κ1) is 25.4. The molecule has 1 saturated carbocycles. The molecule has 1 aliphatic rings. The zero-order valence-corrected chi connectivity index (χ0v) is 20.5. The lowest BCUT2D eigenvalue weighted by Crippen LogP contribution is -2.42. The van der Waals surface area contributed by atoms with E-state index in [1.54, 1.807) is 25.4 Å². The number of carbonyl (C=O) groups is 1. The Kier molecular flexibility index (Phi) is 8.83. The Balaban J connectivity index is 1.99. The summed E-state index contributed by atoms with van der Waals surface area (Å²) in [5.74, 6) is 0.874. The zero-order valence-electron chi connectivity index (χ0n) is 20.5. The van der Waals surface area contributed by atoms with Gasteiger partial charge in [0.1, 0.15) is 11.9 Å². The van der Waals surface area contributed by atoms with Gasteiger partial charge in [0.2, 0.25) is 0 Å². The van der Waals surface area contributed by atoms with Crippen molar-refractivity contribution >= 4 is 23.3 Å². The Labute approximate surface area is 202 Å². The van der Waals surface area contributed by atoms with Crippen LogP contribution in [0.15, 0.2) is 30.6 Å². The van der Waals surface area contributed by atoms with Gasteiger partial charge in [-0.15, -0.1) is 0 Å². The summed E-state index contributed by atoms with van der Waals surface area (Å²) in [4.78, 5) is 22.9. The van der Waals surface area contributed by atoms with Crippen molar-refractivity contribution in [2.24, 2.45) is 5.92 Å². The molecule has 2 aromatic rings. The van der Waals surface area contributed by atoms with Crippen molar-refractivity contribution in [1.29, 1.82) is 5.26 Å². The van der Waals surface area contributed by atoms with Crippen LogP contribution in [-0.4, -0.2) is 46.8 Å². The molecule has 8 heteroatoms. The van der Waals surface area contributed by atoms with Gasteiger partial charge in [0.05, 0.1) is 23.8 Å². The zero-order chi connectivity index (χ0) is 24.7. The van der Waals surface area contributed by atoms with Crippen LogP contribution in [0.1, 0.15) is 69.9 Å². The van der Waals surface area contributed by atoms with Crippen molar-refractivity contribution in [3.8, 4) is 6.07 Å². The monoisotopic (exact) mass is 465 g/mol. The van der Waals surface area contributed by atoms with Crippen LogP contribution >= 0.6 is 0 Å². The Morgan fingerprint density at radius 3 is 2.53 bits per heavy atom. The Morgan fingerprint density at radius 2 is 1.97 bits per heavy atom. The Hall–Kier alpha value is -3.18. The molecule has 0 bridgehead atoms. The van der Waals surface area contributed by atoms with Gasteiger partial charge in [-0.05, 0) is 61.3 Å². The lowest BCUT2D eigenvalue weighted by Gasteiger charge is -2.39. The maximum atomic E-state index is 11.3. The minimum absolute atomic E-state index is 0.0341. The molecule has 2 aromatic heterocycles. The van der Waals surface area contributed by atoms with Gasteiger partial charge in [-0.3, -0.25) is 4.79 Å². The van der Waals surface area contributed by atoms with Gasteiger partial charge in [0.25, 0.3) is 0 Å². The van der Waals surface area contributed by atoms with E-state index in [9.17, 15) is 9.90 Å². The third-order valence-electron chi connectivity index (χ3n) is 6.34. The number of nitrogens with one attached hydrogen (secondary N) is 1. The van der Waals surface area contributed by atoms with Crippen LogP contribution in [0.25, 0.3) is 0 Å². The van der Waals surface area contributed by atoms with Crippen LogP contribution in [-0.2, 0) is 9.53 Å². The summed E-state index contributed by atoms with van der Waals surface area (Å²) in [6, 6.07) is 7.91. The first-order chi connectivity index (χ1) is 16.3. The highest BCUT2D eigenvalue weighted by Crippen LogP contribution is 2.35. The van der Waals surface area contributed by atoms with E-state index in [1.807, 2.05) is 13.0 Å². The predicted octanol–water partition coefficient (Wildman–Crippen LogP) is 5.09. The molecular weight excluding hydrogens is 430 g/mol. The van der Waals surface area contributed by atoms with Crippen LogP contribution in [0.4, 0.5) is 17.3 Å². The number of methoxy groups -OCH3 is 1. The van der Waals surface area contributed by atoms with Gasteiger partial charge >= 0.3 is 5.97 Å². The molecule has 2 N–H and O–H groups in total. The topological polar surface area (TPSA) is 111 Å². The number of aromatic nitrogens is 2. The number of nitrogens with zero attached hydrogens (tertiary/aromatic N) is 4. The molecule has 0 saturated heterocycles. The number of rotatable bonds is 10. The number of anilines is 3. The molecule has 0 aliphatic heterocycles. The van der Waals surface area contributed by atoms with Gasteiger partial charge in [-0.1, -0.05) is 20.8 Å². The average Bonchev–Trinajstić information content (AvgIpc) is 2.82. The highest BCUT2D eigenvalue weighted by molar-refractivity contribution is 5.73. The summed E-state index contributed by atoms with van der Waals surface area (Å²) in [5, 5.41) is 21.7. The van der Waals surface area contributed by atoms with E-state index in [0.717, 1.165) is 49.3 Å². The summed E-state index contributed by atoms with van der Waals surface area (Å²) >= 11 is 0. The molecule has 0 aromatic carbocycles. The number of carboxylic acid groups (broad SMARTS) is 1. The van der Waals surface area contributed by atoms with Crippen molar-refractivity contribution in [2.75, 3.05) is 23.9 Å². The summed E-state index contributed by atoms with van der Waals surface area (Å²) in [5.41, 5.74) is 2.14. The number of nitriles is 1. The van der Waals surface area contributed by atoms with Crippen molar-refractivity contribution in [3.05, 3.63) is 41.7 Å². The molecule has 34 heavy (non-hydrogen) atoms. The molecule has 1 atom stereocenters. The molecule has 0 amide bonds. The number of ether oxygens (including phenoxy) is 1. The van der Waals surface area contributed by atoms with Crippen LogP contribution in [0.5, 0.6) is 0 Å². The number of pyridine rings is 2. The summed E-state index contributed by atoms with van der Waals surface area (Å²) in [6.45, 7) is 7.15. The van der Waals surface area contributed by atoms with Gasteiger partial charge in [-0.25, -0.2) is 9.97 Å². The average molecular weight is 466 g/mol. The van der Waals surface area contributed by atoms with E-state index >= 15 is 0 Å². The molecule has 0 unspecified atom stereocenters. The van der Waals surface area contributed by atoms with Gasteiger partial charge < -0.3 is 20.1 Å². The summed E-state index contributed by atoms with van der Waals surface area (Å²) in [7, 11) is 1.78. The fourth-order valence-electron chi connectivity index (χ4n) is 4.51. The minimum atomic E-state index is -0.837. The number of hydrogen-bond acceptors (Lipinski definition) is 7. The Morgan fingerprint density at radius 1 is 1.24 bits per heavy atom. The van der Waals surface area contributed by atoms with Gasteiger partial charge in [0, 0.05) is 32.1 Å². The van der Waals surface area contributed by atoms with Crippen LogP contribution < -0.4 is 10.2 Å². The molecule has 3 rings (SSSR count). The second-order valence-electron chi connectivity index (χ2n) is 9.52. The van der Waals surface area contributed by atoms with E-state index in [4.69, 9.17) is 15.0 Å². The van der Waals surface area contributed by atoms with Crippen LogP contribution in [0.2, 0.25) is 0 Å². The molecule has 1 fully saturated rings. The van der Waals surface area contributed by atoms with Crippen LogP contribution in [0.3, 0.4) is 0 Å². The van der Waals surface area contributed by atoms with Crippen molar-refractivity contribution in [3.63, 3.8) is 0 Å². The smallest absolute Gasteiger partial charge is 0.303 e. The fourth-order valence-corrected chi connectivity index (χ4v) is 4.51. The highest BCUT2D eigenvalue weighted by atomic mass is 16.5. The molecule has 0 spiro atoms. The van der Waals surface area contributed by atoms with Crippen molar-refractivity contribution < 1.29 is 14.6 Å². The van der Waals surface area contributed by atoms with E-state index in [1.165, 1.54) is 6.20 Å². The lowest BCUT2D eigenvalue weighted by atomic mass is 9.91. The molecule has 182 valence electrons. The van der Waals surface area contributed by atoms with E-state index in [0.29, 0.717) is 29.4 Å². The van der Waals surface area contributed by atoms with Crippen LogP contribution in [0, 0.1) is 17.2 Å². The first-order valence-electron chi connectivity index (χ1n) is 11.9. The summed E-state index contributed by atoms with van der Waals surface area (Å²) in [6.07, 6.45) is 7.76. The van der Waals surface area contributed by atoms with E-state index in [-0.39, 0.29) is 12.3 Å². The number of carboxylic acids is 1. The minimum Gasteiger partial charge on any atom is -0.481 e. The number of hydrogen-bond donors (Lipinski definition) is 2. The third kappa shape index (κ3) is 6.67. The molecular formula is C26H35N5O3. The third-order valence-corrected chi connectivity index (χ3v) is 6.34. The number of aliphatic carboxylic acids is 1. The second kappa shape index (κ2) is 11.8. The predicted molar refractivity (Wildman–Crippen MR) is 132 cm³/mol. The second-order valence-corrected chi connectivity index (χ2v) is 9.52. The van der Waals surface area contributed by atoms with Crippen molar-refractivity contribution in [2.45, 2.75) is 70.9 Å². The van der Waals surface area contributed by atoms with E-state index in [2.05, 4.69) is 35.1 Å². The Bertz CT molecular complexity index is 994. The fraction of sp³-hybridized carbons (Fsp3) is 0.538. The molecule has 1 aliphatic carbocycles. The lowest BCUT2D eigenvalue weighted by molar-refractivity contribution is -0.137.